The largest absolute Gasteiger partial charge is 0.456 e. The van der Waals surface area contributed by atoms with E-state index in [1.54, 1.807) is 0 Å². The molecule has 224 valence electrons. The van der Waals surface area contributed by atoms with Crippen LogP contribution in [-0.4, -0.2) is 23.0 Å². The number of rotatable bonds is 4. The lowest BCUT2D eigenvalue weighted by atomic mass is 9.99. The van der Waals surface area contributed by atoms with E-state index < -0.39 is 8.07 Å². The lowest BCUT2D eigenvalue weighted by molar-refractivity contribution is 0.669. The summed E-state index contributed by atoms with van der Waals surface area (Å²) in [5.41, 5.74) is 6.82. The molecule has 0 fully saturated rings. The number of aromatic nitrogens is 3. The van der Waals surface area contributed by atoms with E-state index in [1.807, 2.05) is 72.4 Å². The van der Waals surface area contributed by atoms with Crippen molar-refractivity contribution in [3.63, 3.8) is 0 Å². The quantitative estimate of drug-likeness (QED) is 0.180. The zero-order chi connectivity index (χ0) is 31.5. The van der Waals surface area contributed by atoms with Gasteiger partial charge in [-0.2, -0.15) is 0 Å². The Balaban J connectivity index is 1.16. The fourth-order valence-electron chi connectivity index (χ4n) is 6.77. The number of benzene rings is 6. The summed E-state index contributed by atoms with van der Waals surface area (Å²) in [5, 5.41) is 5.22. The van der Waals surface area contributed by atoms with E-state index in [4.69, 9.17) is 19.4 Å². The highest BCUT2D eigenvalue weighted by Gasteiger charge is 2.35. The zero-order valence-corrected chi connectivity index (χ0v) is 27.8. The monoisotopic (exact) mass is 639 g/mol. The summed E-state index contributed by atoms with van der Waals surface area (Å²) in [6, 6.07) is 48.7. The first kappa shape index (κ1) is 28.0. The average molecular weight is 640 g/mol. The molecule has 0 radical (unpaired) electrons. The van der Waals surface area contributed by atoms with Gasteiger partial charge in [0, 0.05) is 37.3 Å². The van der Waals surface area contributed by atoms with Crippen molar-refractivity contribution in [1.82, 2.24) is 15.0 Å². The summed E-state index contributed by atoms with van der Waals surface area (Å²) in [6.45, 7) is 4.92. The third kappa shape index (κ3) is 4.71. The molecule has 0 atom stereocenters. The molecule has 47 heavy (non-hydrogen) atoms. The van der Waals surface area contributed by atoms with E-state index >= 15 is 0 Å². The lowest BCUT2D eigenvalue weighted by Gasteiger charge is -2.33. The van der Waals surface area contributed by atoms with E-state index in [0.717, 1.165) is 38.6 Å². The van der Waals surface area contributed by atoms with Gasteiger partial charge >= 0.3 is 0 Å². The highest BCUT2D eigenvalue weighted by Crippen LogP contribution is 2.40. The van der Waals surface area contributed by atoms with Crippen molar-refractivity contribution in [2.75, 3.05) is 0 Å². The summed E-state index contributed by atoms with van der Waals surface area (Å²) in [5.74, 6) is 1.89. The first-order chi connectivity index (χ1) is 23.0. The Morgan fingerprint density at radius 2 is 1.11 bits per heavy atom. The van der Waals surface area contributed by atoms with Gasteiger partial charge in [0.1, 0.15) is 19.2 Å². The molecule has 9 rings (SSSR count). The lowest BCUT2D eigenvalue weighted by Crippen LogP contribution is -2.56. The van der Waals surface area contributed by atoms with Crippen LogP contribution in [0.5, 0.6) is 0 Å². The van der Waals surface area contributed by atoms with Crippen molar-refractivity contribution in [2.24, 2.45) is 0 Å². The molecule has 3 heterocycles. The third-order valence-electron chi connectivity index (χ3n) is 9.20. The summed E-state index contributed by atoms with van der Waals surface area (Å²) in [6.07, 6.45) is 0. The average Bonchev–Trinajstić information content (AvgIpc) is 3.50. The Bertz CT molecular complexity index is 2420. The fraction of sp³-hybridized carbons (Fsp3) is 0.0488. The van der Waals surface area contributed by atoms with Crippen molar-refractivity contribution >= 4 is 52.1 Å². The maximum Gasteiger partial charge on any atom is 0.164 e. The van der Waals surface area contributed by atoms with Gasteiger partial charge < -0.3 is 4.42 Å². The fourth-order valence-corrected chi connectivity index (χ4v) is 12.2. The molecule has 0 aliphatic carbocycles. The summed E-state index contributed by atoms with van der Waals surface area (Å²) in [7, 11) is -1.79. The van der Waals surface area contributed by atoms with E-state index in [2.05, 4.69) is 92.0 Å². The third-order valence-corrected chi connectivity index (χ3v) is 14.3. The van der Waals surface area contributed by atoms with E-state index in [1.165, 1.54) is 31.3 Å². The van der Waals surface area contributed by atoms with Crippen LogP contribution in [0.4, 0.5) is 0 Å². The van der Waals surface area contributed by atoms with Crippen LogP contribution in [0.1, 0.15) is 0 Å². The number of furan rings is 1. The molecule has 0 saturated heterocycles. The molecular weight excluding hydrogens is 611 g/mol. The number of nitrogens with zero attached hydrogens (tertiary/aromatic N) is 3. The number of fused-ring (bicyclic) bond motifs is 5. The Morgan fingerprint density at radius 3 is 1.83 bits per heavy atom. The molecule has 1 aliphatic rings. The van der Waals surface area contributed by atoms with Gasteiger partial charge in [-0.15, -0.1) is 0 Å². The van der Waals surface area contributed by atoms with Gasteiger partial charge in [0.2, 0.25) is 0 Å². The summed E-state index contributed by atoms with van der Waals surface area (Å²) in [4.78, 5) is 17.5. The normalized spacial score (nSPS) is 13.4. The van der Waals surface area contributed by atoms with Crippen LogP contribution in [0.2, 0.25) is 13.1 Å². The maximum atomic E-state index is 6.53. The van der Waals surface area contributed by atoms with Crippen molar-refractivity contribution < 1.29 is 4.42 Å². The van der Waals surface area contributed by atoms with Gasteiger partial charge in [-0.25, -0.2) is 15.0 Å². The molecule has 0 spiro atoms. The minimum Gasteiger partial charge on any atom is -0.456 e. The summed E-state index contributed by atoms with van der Waals surface area (Å²) >= 11 is 1.90. The van der Waals surface area contributed by atoms with E-state index in [0.29, 0.717) is 17.5 Å². The molecule has 0 saturated carbocycles. The van der Waals surface area contributed by atoms with Gasteiger partial charge in [0.05, 0.1) is 0 Å². The standard InChI is InChI=1S/C41H29N3OSSi/c1-47(2)36-19-10-9-18-34(36)46-35-25-28(21-23-37(35)47)30-16-11-17-32-38(30)31-22-20-29(24-33(31)45-32)41-43-39(26-12-5-3-6-13-26)42-40(44-41)27-14-7-4-8-15-27/h3-25H,1-2H3. The molecule has 2 aromatic heterocycles. The molecule has 1 aliphatic heterocycles. The van der Waals surface area contributed by atoms with Crippen molar-refractivity contribution in [2.45, 2.75) is 22.9 Å². The van der Waals surface area contributed by atoms with Gasteiger partial charge in [-0.05, 0) is 51.8 Å². The predicted octanol–water partition coefficient (Wildman–Crippen LogP) is 9.73. The Hall–Kier alpha value is -5.30. The second-order valence-corrected chi connectivity index (χ2v) is 17.9. The Kier molecular flexibility index (Phi) is 6.49. The van der Waals surface area contributed by atoms with Crippen LogP contribution in [-0.2, 0) is 0 Å². The number of hydrogen-bond donors (Lipinski definition) is 0. The topological polar surface area (TPSA) is 51.8 Å². The molecule has 0 amide bonds. The smallest absolute Gasteiger partial charge is 0.164 e. The van der Waals surface area contributed by atoms with Crippen molar-refractivity contribution in [3.8, 4) is 45.3 Å². The van der Waals surface area contributed by atoms with E-state index in [9.17, 15) is 0 Å². The van der Waals surface area contributed by atoms with Crippen LogP contribution in [0.15, 0.2) is 154 Å². The second-order valence-electron chi connectivity index (χ2n) is 12.5. The predicted molar refractivity (Wildman–Crippen MR) is 196 cm³/mol. The van der Waals surface area contributed by atoms with Crippen LogP contribution in [0.3, 0.4) is 0 Å². The van der Waals surface area contributed by atoms with Gasteiger partial charge in [0.25, 0.3) is 0 Å². The van der Waals surface area contributed by atoms with Crippen LogP contribution < -0.4 is 10.4 Å². The SMILES string of the molecule is C[Si]1(C)c2ccccc2Sc2cc(-c3cccc4oc5cc(-c6nc(-c7ccccc7)nc(-c7ccccc7)n6)ccc5c34)ccc21. The number of hydrogen-bond acceptors (Lipinski definition) is 5. The van der Waals surface area contributed by atoms with Crippen LogP contribution >= 0.6 is 11.8 Å². The molecular formula is C41H29N3OSSi. The first-order valence-electron chi connectivity index (χ1n) is 15.8. The summed E-state index contributed by atoms with van der Waals surface area (Å²) < 4.78 is 6.53. The Morgan fingerprint density at radius 1 is 0.489 bits per heavy atom. The molecule has 6 heteroatoms. The van der Waals surface area contributed by atoms with Crippen molar-refractivity contribution in [1.29, 1.82) is 0 Å². The molecule has 8 aromatic rings. The minimum atomic E-state index is -1.79. The zero-order valence-electron chi connectivity index (χ0n) is 25.9. The van der Waals surface area contributed by atoms with Gasteiger partial charge in [0.15, 0.2) is 17.5 Å². The minimum absolute atomic E-state index is 0.610. The molecule has 4 nitrogen and oxygen atoms in total. The van der Waals surface area contributed by atoms with Crippen molar-refractivity contribution in [3.05, 3.63) is 140 Å². The molecule has 0 N–H and O–H groups in total. The first-order valence-corrected chi connectivity index (χ1v) is 19.6. The molecule has 0 unspecified atom stereocenters. The van der Waals surface area contributed by atoms with Gasteiger partial charge in [-0.3, -0.25) is 0 Å². The highest BCUT2D eigenvalue weighted by atomic mass is 32.2. The maximum absolute atomic E-state index is 6.53. The van der Waals surface area contributed by atoms with E-state index in [-0.39, 0.29) is 0 Å². The second kappa shape index (κ2) is 10.9. The molecule has 6 aromatic carbocycles. The molecule has 0 bridgehead atoms. The van der Waals surface area contributed by atoms with Crippen LogP contribution in [0, 0.1) is 0 Å². The van der Waals surface area contributed by atoms with Crippen LogP contribution in [0.25, 0.3) is 67.2 Å². The Labute approximate surface area is 278 Å². The highest BCUT2D eigenvalue weighted by molar-refractivity contribution is 8.00. The van der Waals surface area contributed by atoms with Gasteiger partial charge in [-0.1, -0.05) is 134 Å².